The van der Waals surface area contributed by atoms with Crippen LogP contribution in [0.1, 0.15) is 31.9 Å². The van der Waals surface area contributed by atoms with Crippen LogP contribution in [-0.2, 0) is 4.79 Å². The zero-order valence-corrected chi connectivity index (χ0v) is 12.4. The normalized spacial score (nSPS) is 25.1. The Bertz CT molecular complexity index is 465. The Balaban J connectivity index is 2.28. The number of aliphatic carboxylic acids is 1. The molecule has 3 atom stereocenters. The van der Waals surface area contributed by atoms with Crippen LogP contribution in [0, 0.1) is 11.8 Å². The van der Waals surface area contributed by atoms with Gasteiger partial charge in [-0.25, -0.2) is 0 Å². The minimum atomic E-state index is -0.792. The topological polar surface area (TPSA) is 49.8 Å². The van der Waals surface area contributed by atoms with E-state index < -0.39 is 12.0 Å². The molecule has 0 radical (unpaired) electrons. The van der Waals surface area contributed by atoms with Gasteiger partial charge in [-0.1, -0.05) is 26.0 Å². The zero-order valence-electron chi connectivity index (χ0n) is 12.4. The maximum absolute atomic E-state index is 11.7. The molecule has 1 N–H and O–H groups in total. The summed E-state index contributed by atoms with van der Waals surface area (Å²) in [5.74, 6) is 0.976. The average Bonchev–Trinajstić information content (AvgIpc) is 2.37. The van der Waals surface area contributed by atoms with Gasteiger partial charge in [0, 0.05) is 13.1 Å². The molecule has 0 spiro atoms. The minimum Gasteiger partial charge on any atom is -0.497 e. The molecule has 0 bridgehead atoms. The van der Waals surface area contributed by atoms with Crippen molar-refractivity contribution in [2.75, 3.05) is 20.2 Å². The van der Waals surface area contributed by atoms with Gasteiger partial charge in [0.1, 0.15) is 11.8 Å². The van der Waals surface area contributed by atoms with Crippen molar-refractivity contribution < 1.29 is 14.6 Å². The van der Waals surface area contributed by atoms with Gasteiger partial charge in [0.25, 0.3) is 0 Å². The van der Waals surface area contributed by atoms with E-state index in [1.165, 1.54) is 6.42 Å². The molecule has 1 saturated heterocycles. The number of ether oxygens (including phenoxy) is 1. The first kappa shape index (κ1) is 14.9. The van der Waals surface area contributed by atoms with Crippen LogP contribution in [0.4, 0.5) is 0 Å². The molecule has 4 nitrogen and oxygen atoms in total. The Morgan fingerprint density at radius 1 is 1.35 bits per heavy atom. The summed E-state index contributed by atoms with van der Waals surface area (Å²) in [4.78, 5) is 13.8. The molecule has 1 aromatic carbocycles. The first-order valence-corrected chi connectivity index (χ1v) is 7.12. The van der Waals surface area contributed by atoms with Gasteiger partial charge in [-0.15, -0.1) is 0 Å². The van der Waals surface area contributed by atoms with Crippen molar-refractivity contribution in [3.05, 3.63) is 29.8 Å². The second-order valence-electron chi connectivity index (χ2n) is 5.92. The van der Waals surface area contributed by atoms with E-state index in [2.05, 4.69) is 18.7 Å². The molecule has 4 heteroatoms. The fourth-order valence-corrected chi connectivity index (χ4v) is 3.24. The van der Waals surface area contributed by atoms with E-state index >= 15 is 0 Å². The first-order valence-electron chi connectivity index (χ1n) is 7.12. The number of carboxylic acid groups (broad SMARTS) is 1. The summed E-state index contributed by atoms with van der Waals surface area (Å²) in [6.45, 7) is 6.04. The number of hydrogen-bond acceptors (Lipinski definition) is 3. The predicted octanol–water partition coefficient (Wildman–Crippen LogP) is 2.80. The second-order valence-corrected chi connectivity index (χ2v) is 5.92. The molecule has 1 fully saturated rings. The van der Waals surface area contributed by atoms with E-state index in [0.717, 1.165) is 18.7 Å². The number of carboxylic acids is 1. The lowest BCUT2D eigenvalue weighted by molar-refractivity contribution is -0.144. The maximum atomic E-state index is 11.7. The molecule has 1 aliphatic heterocycles. The van der Waals surface area contributed by atoms with Crippen molar-refractivity contribution in [2.24, 2.45) is 11.8 Å². The molecular weight excluding hydrogens is 254 g/mol. The lowest BCUT2D eigenvalue weighted by Gasteiger charge is -2.38. The fraction of sp³-hybridized carbons (Fsp3) is 0.562. The van der Waals surface area contributed by atoms with Crippen LogP contribution in [0.3, 0.4) is 0 Å². The molecular formula is C16H23NO3. The van der Waals surface area contributed by atoms with Crippen LogP contribution in [0.5, 0.6) is 5.75 Å². The first-order chi connectivity index (χ1) is 9.51. The van der Waals surface area contributed by atoms with Crippen LogP contribution in [-0.4, -0.2) is 36.2 Å². The Kier molecular flexibility index (Phi) is 4.65. The number of hydrogen-bond donors (Lipinski definition) is 1. The molecule has 0 aromatic heterocycles. The summed E-state index contributed by atoms with van der Waals surface area (Å²) < 4.78 is 5.20. The number of carbonyl (C=O) groups is 1. The van der Waals surface area contributed by atoms with Gasteiger partial charge in [-0.05, 0) is 36.0 Å². The summed E-state index contributed by atoms with van der Waals surface area (Å²) >= 11 is 0. The summed E-state index contributed by atoms with van der Waals surface area (Å²) in [5, 5.41) is 9.63. The van der Waals surface area contributed by atoms with Crippen molar-refractivity contribution in [1.29, 1.82) is 0 Å². The number of methoxy groups -OCH3 is 1. The van der Waals surface area contributed by atoms with E-state index in [9.17, 15) is 9.90 Å². The van der Waals surface area contributed by atoms with E-state index in [-0.39, 0.29) is 0 Å². The third kappa shape index (κ3) is 3.31. The molecule has 3 unspecified atom stereocenters. The van der Waals surface area contributed by atoms with Gasteiger partial charge in [-0.2, -0.15) is 0 Å². The fourth-order valence-electron chi connectivity index (χ4n) is 3.24. The van der Waals surface area contributed by atoms with Crippen molar-refractivity contribution in [3.8, 4) is 5.75 Å². The van der Waals surface area contributed by atoms with Gasteiger partial charge in [-0.3, -0.25) is 9.69 Å². The van der Waals surface area contributed by atoms with E-state index in [1.54, 1.807) is 7.11 Å². The Hall–Kier alpha value is -1.55. The molecule has 110 valence electrons. The van der Waals surface area contributed by atoms with Gasteiger partial charge in [0.05, 0.1) is 7.11 Å². The molecule has 20 heavy (non-hydrogen) atoms. The van der Waals surface area contributed by atoms with Crippen molar-refractivity contribution in [2.45, 2.75) is 26.3 Å². The highest BCUT2D eigenvalue weighted by atomic mass is 16.5. The average molecular weight is 277 g/mol. The number of likely N-dealkylation sites (tertiary alicyclic amines) is 1. The standard InChI is InChI=1S/C16H23NO3/c1-11-7-12(2)10-17(9-11)15(16(18)19)13-5-4-6-14(8-13)20-3/h4-6,8,11-12,15H,7,9-10H2,1-3H3,(H,18,19). The number of rotatable bonds is 4. The highest BCUT2D eigenvalue weighted by Gasteiger charge is 2.32. The van der Waals surface area contributed by atoms with Gasteiger partial charge < -0.3 is 9.84 Å². The van der Waals surface area contributed by atoms with Crippen LogP contribution < -0.4 is 4.74 Å². The molecule has 1 aliphatic rings. The van der Waals surface area contributed by atoms with Crippen LogP contribution >= 0.6 is 0 Å². The van der Waals surface area contributed by atoms with E-state index in [1.807, 2.05) is 24.3 Å². The minimum absolute atomic E-state index is 0.534. The van der Waals surface area contributed by atoms with Crippen LogP contribution in [0.2, 0.25) is 0 Å². The van der Waals surface area contributed by atoms with Gasteiger partial charge >= 0.3 is 5.97 Å². The SMILES string of the molecule is COc1cccc(C(C(=O)O)N2CC(C)CC(C)C2)c1. The zero-order chi connectivity index (χ0) is 14.7. The van der Waals surface area contributed by atoms with E-state index in [0.29, 0.717) is 17.6 Å². The summed E-state index contributed by atoms with van der Waals surface area (Å²) in [5.41, 5.74) is 0.790. The van der Waals surface area contributed by atoms with E-state index in [4.69, 9.17) is 4.74 Å². The van der Waals surface area contributed by atoms with Crippen molar-refractivity contribution >= 4 is 5.97 Å². The summed E-state index contributed by atoms with van der Waals surface area (Å²) in [7, 11) is 1.60. The number of piperidine rings is 1. The Morgan fingerprint density at radius 2 is 2.00 bits per heavy atom. The number of nitrogens with zero attached hydrogens (tertiary/aromatic N) is 1. The molecule has 2 rings (SSSR count). The Morgan fingerprint density at radius 3 is 2.55 bits per heavy atom. The summed E-state index contributed by atoms with van der Waals surface area (Å²) in [6, 6.07) is 6.79. The van der Waals surface area contributed by atoms with Gasteiger partial charge in [0.2, 0.25) is 0 Å². The smallest absolute Gasteiger partial charge is 0.325 e. The Labute approximate surface area is 120 Å². The lowest BCUT2D eigenvalue weighted by atomic mass is 9.89. The maximum Gasteiger partial charge on any atom is 0.325 e. The van der Waals surface area contributed by atoms with Gasteiger partial charge in [0.15, 0.2) is 0 Å². The molecule has 1 aromatic rings. The lowest BCUT2D eigenvalue weighted by Crippen LogP contribution is -2.43. The quantitative estimate of drug-likeness (QED) is 0.919. The number of benzene rings is 1. The highest BCUT2D eigenvalue weighted by molar-refractivity contribution is 5.75. The predicted molar refractivity (Wildman–Crippen MR) is 77.9 cm³/mol. The monoisotopic (exact) mass is 277 g/mol. The van der Waals surface area contributed by atoms with Crippen LogP contribution in [0.25, 0.3) is 0 Å². The van der Waals surface area contributed by atoms with Crippen LogP contribution in [0.15, 0.2) is 24.3 Å². The summed E-state index contributed by atoms with van der Waals surface area (Å²) in [6.07, 6.45) is 1.17. The molecule has 0 saturated carbocycles. The second kappa shape index (κ2) is 6.27. The highest BCUT2D eigenvalue weighted by Crippen LogP contribution is 2.30. The van der Waals surface area contributed by atoms with Crippen molar-refractivity contribution in [3.63, 3.8) is 0 Å². The molecule has 0 aliphatic carbocycles. The van der Waals surface area contributed by atoms with Crippen molar-refractivity contribution in [1.82, 2.24) is 4.90 Å². The third-order valence-electron chi connectivity index (χ3n) is 3.91. The molecule has 1 heterocycles. The third-order valence-corrected chi connectivity index (χ3v) is 3.91. The largest absolute Gasteiger partial charge is 0.497 e. The molecule has 0 amide bonds.